The molecule has 1 aliphatic heterocycles. The molecule has 2 aromatic rings. The number of anilines is 1. The number of benzene rings is 2. The average molecular weight is 383 g/mol. The van der Waals surface area contributed by atoms with Crippen LogP contribution in [0.5, 0.6) is 5.75 Å². The Morgan fingerprint density at radius 1 is 1.19 bits per heavy atom. The lowest BCUT2D eigenvalue weighted by Gasteiger charge is -2.29. The Morgan fingerprint density at radius 2 is 1.89 bits per heavy atom. The SMILES string of the molecule is COc1ccc(N2C(=O)/C(=C\c3cccc([N+](=O)[O-])c3)C(=O)NC2=S)cc1. The van der Waals surface area contributed by atoms with E-state index in [9.17, 15) is 19.7 Å². The number of non-ortho nitro benzene ring substituents is 1. The summed E-state index contributed by atoms with van der Waals surface area (Å²) in [6, 6.07) is 12.2. The van der Waals surface area contributed by atoms with Gasteiger partial charge in [-0.1, -0.05) is 12.1 Å². The van der Waals surface area contributed by atoms with E-state index >= 15 is 0 Å². The summed E-state index contributed by atoms with van der Waals surface area (Å²) >= 11 is 5.12. The Bertz CT molecular complexity index is 985. The van der Waals surface area contributed by atoms with Crippen LogP contribution in [0.2, 0.25) is 0 Å². The van der Waals surface area contributed by atoms with Crippen molar-refractivity contribution in [2.24, 2.45) is 0 Å². The summed E-state index contributed by atoms with van der Waals surface area (Å²) in [5.41, 5.74) is 0.483. The van der Waals surface area contributed by atoms with E-state index in [0.29, 0.717) is 17.0 Å². The Kier molecular flexibility index (Phi) is 4.95. The first-order valence-corrected chi connectivity index (χ1v) is 8.11. The zero-order valence-corrected chi connectivity index (χ0v) is 14.9. The molecule has 27 heavy (non-hydrogen) atoms. The third-order valence-corrected chi connectivity index (χ3v) is 4.11. The highest BCUT2D eigenvalue weighted by Gasteiger charge is 2.34. The summed E-state index contributed by atoms with van der Waals surface area (Å²) in [5, 5.41) is 13.3. The van der Waals surface area contributed by atoms with E-state index in [4.69, 9.17) is 17.0 Å². The number of carbonyl (C=O) groups excluding carboxylic acids is 2. The maximum Gasteiger partial charge on any atom is 0.270 e. The van der Waals surface area contributed by atoms with Crippen LogP contribution in [0.15, 0.2) is 54.1 Å². The van der Waals surface area contributed by atoms with Gasteiger partial charge in [0.05, 0.1) is 17.7 Å². The first kappa shape index (κ1) is 18.2. The van der Waals surface area contributed by atoms with Gasteiger partial charge < -0.3 is 4.74 Å². The van der Waals surface area contributed by atoms with Crippen LogP contribution < -0.4 is 15.0 Å². The van der Waals surface area contributed by atoms with Crippen molar-refractivity contribution in [2.45, 2.75) is 0 Å². The number of nitro benzene ring substituents is 1. The second-order valence-corrected chi connectivity index (χ2v) is 5.89. The van der Waals surface area contributed by atoms with Gasteiger partial charge in [-0.15, -0.1) is 0 Å². The van der Waals surface area contributed by atoms with Crippen molar-refractivity contribution < 1.29 is 19.2 Å². The van der Waals surface area contributed by atoms with Crippen LogP contribution in [0, 0.1) is 10.1 Å². The molecular weight excluding hydrogens is 370 g/mol. The van der Waals surface area contributed by atoms with Crippen LogP contribution in [0.4, 0.5) is 11.4 Å². The van der Waals surface area contributed by atoms with Gasteiger partial charge in [0, 0.05) is 12.1 Å². The third kappa shape index (κ3) is 3.67. The lowest BCUT2D eigenvalue weighted by atomic mass is 10.1. The van der Waals surface area contributed by atoms with Gasteiger partial charge in [-0.05, 0) is 48.1 Å². The first-order chi connectivity index (χ1) is 12.9. The second-order valence-electron chi connectivity index (χ2n) is 5.51. The molecule has 0 bridgehead atoms. The van der Waals surface area contributed by atoms with Crippen molar-refractivity contribution in [2.75, 3.05) is 12.0 Å². The summed E-state index contributed by atoms with van der Waals surface area (Å²) in [4.78, 5) is 36.7. The topological polar surface area (TPSA) is 102 Å². The van der Waals surface area contributed by atoms with E-state index in [2.05, 4.69) is 5.32 Å². The number of nitrogens with zero attached hydrogens (tertiary/aromatic N) is 2. The number of hydrogen-bond acceptors (Lipinski definition) is 6. The third-order valence-electron chi connectivity index (χ3n) is 3.82. The van der Waals surface area contributed by atoms with Crippen LogP contribution in [0.1, 0.15) is 5.56 Å². The Balaban J connectivity index is 1.99. The number of methoxy groups -OCH3 is 1. The smallest absolute Gasteiger partial charge is 0.270 e. The van der Waals surface area contributed by atoms with Crippen molar-refractivity contribution in [1.29, 1.82) is 0 Å². The molecule has 0 atom stereocenters. The molecule has 8 nitrogen and oxygen atoms in total. The average Bonchev–Trinajstić information content (AvgIpc) is 2.65. The molecule has 0 radical (unpaired) electrons. The van der Waals surface area contributed by atoms with Crippen LogP contribution >= 0.6 is 12.2 Å². The summed E-state index contributed by atoms with van der Waals surface area (Å²) in [7, 11) is 1.52. The Morgan fingerprint density at radius 3 is 2.52 bits per heavy atom. The first-order valence-electron chi connectivity index (χ1n) is 7.70. The molecule has 0 saturated carbocycles. The lowest BCUT2D eigenvalue weighted by Crippen LogP contribution is -2.54. The highest BCUT2D eigenvalue weighted by Crippen LogP contribution is 2.25. The molecule has 2 amide bonds. The summed E-state index contributed by atoms with van der Waals surface area (Å²) in [6.45, 7) is 0. The minimum atomic E-state index is -0.665. The van der Waals surface area contributed by atoms with E-state index in [0.717, 1.165) is 0 Å². The maximum absolute atomic E-state index is 12.9. The summed E-state index contributed by atoms with van der Waals surface area (Å²) in [5.74, 6) is -0.688. The van der Waals surface area contributed by atoms with Crippen molar-refractivity contribution in [3.63, 3.8) is 0 Å². The highest BCUT2D eigenvalue weighted by atomic mass is 32.1. The molecule has 1 fully saturated rings. The fourth-order valence-corrected chi connectivity index (χ4v) is 2.80. The van der Waals surface area contributed by atoms with Gasteiger partial charge in [0.2, 0.25) is 0 Å². The number of nitrogens with one attached hydrogen (secondary N) is 1. The van der Waals surface area contributed by atoms with E-state index in [1.54, 1.807) is 30.3 Å². The molecular formula is C18H13N3O5S. The maximum atomic E-state index is 12.9. The normalized spacial score (nSPS) is 15.7. The molecule has 1 N–H and O–H groups in total. The largest absolute Gasteiger partial charge is 0.497 e. The van der Waals surface area contributed by atoms with Gasteiger partial charge in [0.25, 0.3) is 17.5 Å². The number of hydrogen-bond donors (Lipinski definition) is 1. The standard InChI is InChI=1S/C18H13N3O5S/c1-26-14-7-5-12(6-8-14)20-17(23)15(16(22)19-18(20)27)10-11-3-2-4-13(9-11)21(24)25/h2-10H,1H3,(H,19,22,27)/b15-10-. The van der Waals surface area contributed by atoms with Crippen LogP contribution in [0.3, 0.4) is 0 Å². The van der Waals surface area contributed by atoms with Crippen LogP contribution in [-0.4, -0.2) is 29.0 Å². The Labute approximate surface area is 159 Å². The summed E-state index contributed by atoms with van der Waals surface area (Å²) < 4.78 is 5.09. The number of carbonyl (C=O) groups is 2. The van der Waals surface area contributed by atoms with Crippen molar-refractivity contribution in [3.05, 3.63) is 69.8 Å². The van der Waals surface area contributed by atoms with Crippen LogP contribution in [-0.2, 0) is 9.59 Å². The van der Waals surface area contributed by atoms with Crippen LogP contribution in [0.25, 0.3) is 6.08 Å². The van der Waals surface area contributed by atoms with E-state index < -0.39 is 16.7 Å². The number of nitro groups is 1. The van der Waals surface area contributed by atoms with Gasteiger partial charge in [-0.2, -0.15) is 0 Å². The fourth-order valence-electron chi connectivity index (χ4n) is 2.52. The van der Waals surface area contributed by atoms with E-state index in [-0.39, 0.29) is 16.4 Å². The van der Waals surface area contributed by atoms with E-state index in [1.807, 2.05) is 0 Å². The molecule has 3 rings (SSSR count). The Hall–Kier alpha value is -3.59. The minimum absolute atomic E-state index is 0.0497. The molecule has 2 aromatic carbocycles. The molecule has 0 spiro atoms. The molecule has 1 aliphatic rings. The molecule has 1 heterocycles. The second kappa shape index (κ2) is 7.34. The van der Waals surface area contributed by atoms with Crippen molar-refractivity contribution in [3.8, 4) is 5.75 Å². The lowest BCUT2D eigenvalue weighted by molar-refractivity contribution is -0.384. The van der Waals surface area contributed by atoms with E-state index in [1.165, 1.54) is 36.3 Å². The highest BCUT2D eigenvalue weighted by molar-refractivity contribution is 7.80. The molecule has 1 saturated heterocycles. The zero-order valence-electron chi connectivity index (χ0n) is 14.0. The van der Waals surface area contributed by atoms with Crippen molar-refractivity contribution >= 4 is 46.6 Å². The predicted octanol–water partition coefficient (Wildman–Crippen LogP) is 2.43. The number of thiocarbonyl (C=S) groups is 1. The molecule has 9 heteroatoms. The fraction of sp³-hybridized carbons (Fsp3) is 0.0556. The zero-order chi connectivity index (χ0) is 19.6. The van der Waals surface area contributed by atoms with Gasteiger partial charge in [-0.3, -0.25) is 29.9 Å². The molecule has 0 aliphatic carbocycles. The molecule has 0 aromatic heterocycles. The molecule has 136 valence electrons. The van der Waals surface area contributed by atoms with Gasteiger partial charge in [-0.25, -0.2) is 0 Å². The number of ether oxygens (including phenoxy) is 1. The van der Waals surface area contributed by atoms with Gasteiger partial charge >= 0.3 is 0 Å². The quantitative estimate of drug-likeness (QED) is 0.286. The van der Waals surface area contributed by atoms with Crippen molar-refractivity contribution in [1.82, 2.24) is 5.32 Å². The monoisotopic (exact) mass is 383 g/mol. The summed E-state index contributed by atoms with van der Waals surface area (Å²) in [6.07, 6.45) is 1.29. The number of amides is 2. The predicted molar refractivity (Wildman–Crippen MR) is 102 cm³/mol. The minimum Gasteiger partial charge on any atom is -0.497 e. The van der Waals surface area contributed by atoms with Gasteiger partial charge in [0.15, 0.2) is 5.11 Å². The van der Waals surface area contributed by atoms with Gasteiger partial charge in [0.1, 0.15) is 11.3 Å². The molecule has 0 unspecified atom stereocenters. The number of rotatable bonds is 4.